The topological polar surface area (TPSA) is 75.7 Å². The summed E-state index contributed by atoms with van der Waals surface area (Å²) in [6.45, 7) is 0.111. The quantitative estimate of drug-likeness (QED) is 0.234. The Morgan fingerprint density at radius 2 is 1.86 bits per heavy atom. The van der Waals surface area contributed by atoms with Gasteiger partial charge in [-0.25, -0.2) is 9.69 Å². The number of terminal acetylenes is 1. The standard InChI is InChI=1S/C20H11Br2IN2O4/c1-2-7-29-17-15(22)9-11(10-16(17)23)8-14-18(26)24-20(28)25(19(14)27)13-5-3-12(21)4-6-13/h1,3-6,8-10H,7H2,(H,24,26,28)/b14-8+. The molecule has 0 spiro atoms. The van der Waals surface area contributed by atoms with Gasteiger partial charge in [0, 0.05) is 4.47 Å². The third-order valence-corrected chi connectivity index (χ3v) is 5.74. The van der Waals surface area contributed by atoms with Crippen molar-refractivity contribution < 1.29 is 19.1 Å². The Morgan fingerprint density at radius 1 is 1.17 bits per heavy atom. The first kappa shape index (κ1) is 21.5. The number of carbonyl (C=O) groups excluding carboxylic acids is 3. The largest absolute Gasteiger partial charge is 0.479 e. The molecule has 0 radical (unpaired) electrons. The van der Waals surface area contributed by atoms with E-state index in [1.807, 2.05) is 0 Å². The number of ether oxygens (including phenoxy) is 1. The second-order valence-corrected chi connectivity index (χ2v) is 8.67. The lowest BCUT2D eigenvalue weighted by Crippen LogP contribution is -2.54. The lowest BCUT2D eigenvalue weighted by molar-refractivity contribution is -0.122. The van der Waals surface area contributed by atoms with Gasteiger partial charge in [0.15, 0.2) is 0 Å². The highest BCUT2D eigenvalue weighted by atomic mass is 127. The summed E-state index contributed by atoms with van der Waals surface area (Å²) in [7, 11) is 0. The Balaban J connectivity index is 1.98. The van der Waals surface area contributed by atoms with E-state index in [1.54, 1.807) is 36.4 Å². The van der Waals surface area contributed by atoms with Crippen LogP contribution in [0.25, 0.3) is 6.08 Å². The van der Waals surface area contributed by atoms with Gasteiger partial charge in [-0.05, 0) is 86.6 Å². The minimum atomic E-state index is -0.798. The van der Waals surface area contributed by atoms with Crippen LogP contribution in [0.15, 0.2) is 50.9 Å². The molecule has 1 saturated heterocycles. The highest BCUT2D eigenvalue weighted by Gasteiger charge is 2.36. The van der Waals surface area contributed by atoms with Crippen LogP contribution < -0.4 is 15.0 Å². The molecule has 29 heavy (non-hydrogen) atoms. The van der Waals surface area contributed by atoms with Crippen LogP contribution in [0.4, 0.5) is 10.5 Å². The molecular weight excluding hydrogens is 619 g/mol. The summed E-state index contributed by atoms with van der Waals surface area (Å²) >= 11 is 8.78. The van der Waals surface area contributed by atoms with Crippen molar-refractivity contribution in [2.45, 2.75) is 0 Å². The first-order valence-corrected chi connectivity index (χ1v) is 10.7. The van der Waals surface area contributed by atoms with Crippen molar-refractivity contribution in [3.8, 4) is 18.1 Å². The normalized spacial score (nSPS) is 15.3. The third-order valence-electron chi connectivity index (χ3n) is 3.82. The van der Waals surface area contributed by atoms with Gasteiger partial charge in [0.2, 0.25) is 0 Å². The van der Waals surface area contributed by atoms with Crippen molar-refractivity contribution in [2.75, 3.05) is 11.5 Å². The minimum Gasteiger partial charge on any atom is -0.479 e. The third kappa shape index (κ3) is 4.71. The van der Waals surface area contributed by atoms with Gasteiger partial charge in [-0.2, -0.15) is 0 Å². The van der Waals surface area contributed by atoms with E-state index >= 15 is 0 Å². The Kier molecular flexibility index (Phi) is 6.77. The van der Waals surface area contributed by atoms with Crippen molar-refractivity contribution >= 4 is 84.1 Å². The molecule has 2 aromatic carbocycles. The van der Waals surface area contributed by atoms with Gasteiger partial charge >= 0.3 is 6.03 Å². The molecule has 0 saturated carbocycles. The molecule has 3 rings (SSSR count). The number of imide groups is 2. The minimum absolute atomic E-state index is 0.111. The Hall–Kier alpha value is -2.16. The number of halogens is 3. The zero-order valence-corrected chi connectivity index (χ0v) is 19.9. The molecule has 6 nitrogen and oxygen atoms in total. The van der Waals surface area contributed by atoms with Crippen LogP contribution in [0.5, 0.6) is 5.75 Å². The van der Waals surface area contributed by atoms with Crippen LogP contribution in [0.3, 0.4) is 0 Å². The molecular formula is C20H11Br2IN2O4. The van der Waals surface area contributed by atoms with E-state index in [2.05, 4.69) is 65.7 Å². The molecule has 0 aliphatic carbocycles. The summed E-state index contributed by atoms with van der Waals surface area (Å²) in [6, 6.07) is 9.24. The summed E-state index contributed by atoms with van der Waals surface area (Å²) in [5.74, 6) is 1.49. The van der Waals surface area contributed by atoms with Gasteiger partial charge in [0.25, 0.3) is 11.8 Å². The van der Waals surface area contributed by atoms with E-state index in [1.165, 1.54) is 6.08 Å². The molecule has 0 unspecified atom stereocenters. The molecule has 0 aromatic heterocycles. The summed E-state index contributed by atoms with van der Waals surface area (Å²) in [4.78, 5) is 38.4. The predicted octanol–water partition coefficient (Wildman–Crippen LogP) is 4.49. The molecule has 0 atom stereocenters. The number of benzene rings is 2. The van der Waals surface area contributed by atoms with E-state index in [0.717, 1.165) is 12.9 Å². The zero-order valence-electron chi connectivity index (χ0n) is 14.5. The Bertz CT molecular complexity index is 1070. The summed E-state index contributed by atoms with van der Waals surface area (Å²) < 4.78 is 7.65. The predicted molar refractivity (Wildman–Crippen MR) is 124 cm³/mol. The fourth-order valence-electron chi connectivity index (χ4n) is 2.56. The maximum Gasteiger partial charge on any atom is 0.335 e. The molecule has 146 valence electrons. The smallest absolute Gasteiger partial charge is 0.335 e. The number of nitrogens with one attached hydrogen (secondary N) is 1. The van der Waals surface area contributed by atoms with E-state index < -0.39 is 17.8 Å². The highest BCUT2D eigenvalue weighted by molar-refractivity contribution is 14.1. The number of rotatable bonds is 4. The van der Waals surface area contributed by atoms with Gasteiger partial charge in [0.1, 0.15) is 17.9 Å². The van der Waals surface area contributed by atoms with E-state index in [9.17, 15) is 14.4 Å². The second kappa shape index (κ2) is 9.11. The van der Waals surface area contributed by atoms with Crippen molar-refractivity contribution in [1.82, 2.24) is 5.32 Å². The highest BCUT2D eigenvalue weighted by Crippen LogP contribution is 2.33. The first-order valence-electron chi connectivity index (χ1n) is 8.04. The number of hydrogen-bond acceptors (Lipinski definition) is 4. The maximum absolute atomic E-state index is 12.9. The maximum atomic E-state index is 12.9. The SMILES string of the molecule is C#CCOc1c(Br)cc(/C=C2\C(=O)NC(=O)N(c3ccc(Br)cc3)C2=O)cc1I. The van der Waals surface area contributed by atoms with Gasteiger partial charge < -0.3 is 4.74 Å². The molecule has 1 heterocycles. The first-order chi connectivity index (χ1) is 13.8. The number of barbiturate groups is 1. The Morgan fingerprint density at radius 3 is 2.48 bits per heavy atom. The van der Waals surface area contributed by atoms with Gasteiger partial charge in [-0.1, -0.05) is 21.9 Å². The molecule has 0 bridgehead atoms. The summed E-state index contributed by atoms with van der Waals surface area (Å²) in [6.07, 6.45) is 6.65. The lowest BCUT2D eigenvalue weighted by Gasteiger charge is -2.26. The van der Waals surface area contributed by atoms with Crippen LogP contribution in [0, 0.1) is 15.9 Å². The van der Waals surface area contributed by atoms with E-state index in [4.69, 9.17) is 11.2 Å². The van der Waals surface area contributed by atoms with Gasteiger partial charge in [-0.3, -0.25) is 14.9 Å². The molecule has 2 aromatic rings. The lowest BCUT2D eigenvalue weighted by atomic mass is 10.1. The zero-order chi connectivity index (χ0) is 21.1. The summed E-state index contributed by atoms with van der Waals surface area (Å²) in [5, 5.41) is 2.20. The number of hydrogen-bond donors (Lipinski definition) is 1. The van der Waals surface area contributed by atoms with Gasteiger partial charge in [-0.15, -0.1) is 6.42 Å². The van der Waals surface area contributed by atoms with Crippen molar-refractivity contribution in [1.29, 1.82) is 0 Å². The monoisotopic (exact) mass is 628 g/mol. The van der Waals surface area contributed by atoms with Crippen LogP contribution in [0.2, 0.25) is 0 Å². The molecule has 4 amide bonds. The van der Waals surface area contributed by atoms with Crippen molar-refractivity contribution in [3.05, 3.63) is 60.1 Å². The molecule has 1 aliphatic heterocycles. The fraction of sp³-hybridized carbons (Fsp3) is 0.0500. The van der Waals surface area contributed by atoms with Crippen molar-refractivity contribution in [3.63, 3.8) is 0 Å². The Labute approximate surface area is 197 Å². The number of carbonyl (C=O) groups is 3. The van der Waals surface area contributed by atoms with Crippen molar-refractivity contribution in [2.24, 2.45) is 0 Å². The van der Waals surface area contributed by atoms with Crippen LogP contribution in [0.1, 0.15) is 5.56 Å². The van der Waals surface area contributed by atoms with Crippen LogP contribution >= 0.6 is 54.5 Å². The molecule has 1 aliphatic rings. The summed E-state index contributed by atoms with van der Waals surface area (Å²) in [5.41, 5.74) is 0.772. The van der Waals surface area contributed by atoms with E-state index in [-0.39, 0.29) is 12.2 Å². The van der Waals surface area contributed by atoms with Crippen LogP contribution in [-0.4, -0.2) is 24.5 Å². The fourth-order valence-corrected chi connectivity index (χ4v) is 4.60. The average molecular weight is 630 g/mol. The number of urea groups is 1. The molecule has 1 N–H and O–H groups in total. The average Bonchev–Trinajstić information content (AvgIpc) is 2.66. The number of nitrogens with zero attached hydrogens (tertiary/aromatic N) is 1. The second-order valence-electron chi connectivity index (χ2n) is 5.74. The number of anilines is 1. The van der Waals surface area contributed by atoms with E-state index in [0.29, 0.717) is 21.5 Å². The van der Waals surface area contributed by atoms with Gasteiger partial charge in [0.05, 0.1) is 13.7 Å². The van der Waals surface area contributed by atoms with Crippen LogP contribution in [-0.2, 0) is 9.59 Å². The molecule has 1 fully saturated rings. The number of amides is 4. The molecule has 9 heteroatoms.